The Hall–Kier alpha value is -0.460. The molecule has 1 N–H and O–H groups in total. The summed E-state index contributed by atoms with van der Waals surface area (Å²) in [5.41, 5.74) is 0. The maximum atomic E-state index is 12.2. The first-order valence-electron chi connectivity index (χ1n) is 4.59. The van der Waals surface area contributed by atoms with E-state index in [2.05, 4.69) is 0 Å². The van der Waals surface area contributed by atoms with Crippen LogP contribution in [-0.4, -0.2) is 18.5 Å². The standard InChI is InChI=1S/C8H11F6N/c9-7(10,11)5-2-1-3-6(4-5)15-8(12,13)14/h5-6,15H,1-4H2. The number of rotatable bonds is 1. The molecule has 0 amide bonds. The smallest absolute Gasteiger partial charge is 0.225 e. The molecule has 1 aliphatic carbocycles. The number of nitrogens with one attached hydrogen (secondary N) is 1. The van der Waals surface area contributed by atoms with E-state index in [0.29, 0.717) is 0 Å². The molecular formula is C8H11F6N. The third-order valence-electron chi connectivity index (χ3n) is 2.50. The van der Waals surface area contributed by atoms with Gasteiger partial charge in [0.1, 0.15) is 0 Å². The molecule has 0 aromatic rings. The monoisotopic (exact) mass is 235 g/mol. The Morgan fingerprint density at radius 1 is 0.933 bits per heavy atom. The van der Waals surface area contributed by atoms with Crippen molar-refractivity contribution in [2.75, 3.05) is 0 Å². The molecule has 1 fully saturated rings. The Bertz CT molecular complexity index is 208. The third-order valence-corrected chi connectivity index (χ3v) is 2.50. The lowest BCUT2D eigenvalue weighted by atomic mass is 9.85. The van der Waals surface area contributed by atoms with Crippen molar-refractivity contribution in [3.8, 4) is 0 Å². The highest BCUT2D eigenvalue weighted by molar-refractivity contribution is 4.82. The van der Waals surface area contributed by atoms with Gasteiger partial charge < -0.3 is 0 Å². The van der Waals surface area contributed by atoms with Crippen LogP contribution in [0.15, 0.2) is 0 Å². The molecule has 0 aromatic heterocycles. The van der Waals surface area contributed by atoms with Crippen LogP contribution < -0.4 is 5.32 Å². The quantitative estimate of drug-likeness (QED) is 0.543. The fraction of sp³-hybridized carbons (Fsp3) is 1.00. The van der Waals surface area contributed by atoms with Crippen LogP contribution >= 0.6 is 0 Å². The lowest BCUT2D eigenvalue weighted by Gasteiger charge is -2.31. The highest BCUT2D eigenvalue weighted by Crippen LogP contribution is 2.38. The Labute approximate surface area is 82.8 Å². The van der Waals surface area contributed by atoms with Gasteiger partial charge in [-0.05, 0) is 19.3 Å². The second-order valence-corrected chi connectivity index (χ2v) is 3.74. The first kappa shape index (κ1) is 12.6. The zero-order valence-electron chi connectivity index (χ0n) is 7.75. The number of halogens is 6. The van der Waals surface area contributed by atoms with Crippen molar-refractivity contribution >= 4 is 0 Å². The van der Waals surface area contributed by atoms with Crippen molar-refractivity contribution in [1.82, 2.24) is 5.32 Å². The predicted molar refractivity (Wildman–Crippen MR) is 41.0 cm³/mol. The topological polar surface area (TPSA) is 12.0 Å². The van der Waals surface area contributed by atoms with Gasteiger partial charge in [0, 0.05) is 6.04 Å². The van der Waals surface area contributed by atoms with E-state index in [1.54, 1.807) is 0 Å². The molecule has 0 aliphatic heterocycles. The van der Waals surface area contributed by atoms with Gasteiger partial charge in [-0.15, -0.1) is 0 Å². The van der Waals surface area contributed by atoms with E-state index in [1.807, 2.05) is 0 Å². The molecule has 2 unspecified atom stereocenters. The minimum absolute atomic E-state index is 0.0699. The Balaban J connectivity index is 2.50. The molecule has 2 atom stereocenters. The predicted octanol–water partition coefficient (Wildman–Crippen LogP) is 3.22. The number of alkyl halides is 6. The molecule has 1 rings (SSSR count). The van der Waals surface area contributed by atoms with Crippen LogP contribution in [0.2, 0.25) is 0 Å². The van der Waals surface area contributed by atoms with Gasteiger partial charge in [0.15, 0.2) is 0 Å². The Morgan fingerprint density at radius 3 is 2.00 bits per heavy atom. The van der Waals surface area contributed by atoms with Gasteiger partial charge in [-0.2, -0.15) is 26.3 Å². The molecule has 1 aliphatic rings. The van der Waals surface area contributed by atoms with Crippen LogP contribution in [0.3, 0.4) is 0 Å². The van der Waals surface area contributed by atoms with Crippen LogP contribution in [0.25, 0.3) is 0 Å². The summed E-state index contributed by atoms with van der Waals surface area (Å²) in [4.78, 5) is 0. The molecule has 7 heteroatoms. The lowest BCUT2D eigenvalue weighted by Crippen LogP contribution is -2.45. The van der Waals surface area contributed by atoms with E-state index in [9.17, 15) is 26.3 Å². The maximum absolute atomic E-state index is 12.2. The van der Waals surface area contributed by atoms with E-state index < -0.39 is 30.9 Å². The average Bonchev–Trinajstić information content (AvgIpc) is 1.99. The SMILES string of the molecule is FC(F)(F)NC1CCCC(C(F)(F)F)C1. The van der Waals surface area contributed by atoms with Crippen molar-refractivity contribution in [3.63, 3.8) is 0 Å². The normalized spacial score (nSPS) is 29.2. The first-order chi connectivity index (χ1) is 6.68. The lowest BCUT2D eigenvalue weighted by molar-refractivity contribution is -0.196. The second kappa shape index (κ2) is 4.19. The fourth-order valence-electron chi connectivity index (χ4n) is 1.85. The number of hydrogen-bond donors (Lipinski definition) is 1. The molecule has 0 radical (unpaired) electrons. The average molecular weight is 235 g/mol. The number of hydrogen-bond acceptors (Lipinski definition) is 1. The molecular weight excluding hydrogens is 224 g/mol. The minimum Gasteiger partial charge on any atom is -0.225 e. The summed E-state index contributed by atoms with van der Waals surface area (Å²) in [6, 6.07) is -1.11. The summed E-state index contributed by atoms with van der Waals surface area (Å²) in [6.07, 6.45) is -9.21. The molecule has 0 saturated heterocycles. The third kappa shape index (κ3) is 4.27. The summed E-state index contributed by atoms with van der Waals surface area (Å²) >= 11 is 0. The summed E-state index contributed by atoms with van der Waals surface area (Å²) < 4.78 is 72.3. The summed E-state index contributed by atoms with van der Waals surface area (Å²) in [7, 11) is 0. The van der Waals surface area contributed by atoms with Gasteiger partial charge in [-0.25, -0.2) is 5.32 Å². The van der Waals surface area contributed by atoms with Gasteiger partial charge in [0.05, 0.1) is 5.92 Å². The van der Waals surface area contributed by atoms with Gasteiger partial charge in [-0.3, -0.25) is 0 Å². The highest BCUT2D eigenvalue weighted by Gasteiger charge is 2.44. The van der Waals surface area contributed by atoms with Crippen LogP contribution in [0, 0.1) is 5.92 Å². The molecule has 0 bridgehead atoms. The summed E-state index contributed by atoms with van der Waals surface area (Å²) in [5.74, 6) is -1.61. The maximum Gasteiger partial charge on any atom is 0.457 e. The fourth-order valence-corrected chi connectivity index (χ4v) is 1.85. The second-order valence-electron chi connectivity index (χ2n) is 3.74. The van der Waals surface area contributed by atoms with E-state index >= 15 is 0 Å². The minimum atomic E-state index is -4.60. The van der Waals surface area contributed by atoms with Gasteiger partial charge in [0.2, 0.25) is 0 Å². The van der Waals surface area contributed by atoms with Crippen LogP contribution in [0.4, 0.5) is 26.3 Å². The van der Waals surface area contributed by atoms with Gasteiger partial charge in [0.25, 0.3) is 0 Å². The van der Waals surface area contributed by atoms with Crippen molar-refractivity contribution < 1.29 is 26.3 Å². The Kier molecular flexibility index (Phi) is 3.52. The molecule has 1 saturated carbocycles. The van der Waals surface area contributed by atoms with Crippen LogP contribution in [0.1, 0.15) is 25.7 Å². The van der Waals surface area contributed by atoms with Crippen LogP contribution in [-0.2, 0) is 0 Å². The molecule has 1 nitrogen and oxygen atoms in total. The van der Waals surface area contributed by atoms with Gasteiger partial charge in [-0.1, -0.05) is 6.42 Å². The van der Waals surface area contributed by atoms with Crippen molar-refractivity contribution in [1.29, 1.82) is 0 Å². The molecule has 0 heterocycles. The van der Waals surface area contributed by atoms with E-state index in [-0.39, 0.29) is 19.3 Å². The zero-order chi connectivity index (χ0) is 11.7. The van der Waals surface area contributed by atoms with Crippen molar-refractivity contribution in [2.45, 2.75) is 44.2 Å². The van der Waals surface area contributed by atoms with Gasteiger partial charge >= 0.3 is 12.5 Å². The first-order valence-corrected chi connectivity index (χ1v) is 4.59. The highest BCUT2D eigenvalue weighted by atomic mass is 19.4. The molecule has 0 spiro atoms. The molecule has 0 aromatic carbocycles. The Morgan fingerprint density at radius 2 is 1.53 bits per heavy atom. The summed E-state index contributed by atoms with van der Waals surface area (Å²) in [5, 5.41) is 1.26. The van der Waals surface area contributed by atoms with Crippen molar-refractivity contribution in [3.05, 3.63) is 0 Å². The van der Waals surface area contributed by atoms with E-state index in [0.717, 1.165) is 0 Å². The van der Waals surface area contributed by atoms with E-state index in [4.69, 9.17) is 0 Å². The zero-order valence-corrected chi connectivity index (χ0v) is 7.75. The van der Waals surface area contributed by atoms with E-state index in [1.165, 1.54) is 5.32 Å². The molecule has 15 heavy (non-hydrogen) atoms. The van der Waals surface area contributed by atoms with Crippen LogP contribution in [0.5, 0.6) is 0 Å². The van der Waals surface area contributed by atoms with Crippen molar-refractivity contribution in [2.24, 2.45) is 5.92 Å². The largest absolute Gasteiger partial charge is 0.457 e. The summed E-state index contributed by atoms with van der Waals surface area (Å²) in [6.45, 7) is 0. The molecule has 90 valence electrons.